The van der Waals surface area contributed by atoms with E-state index in [1.165, 1.54) is 0 Å². The lowest BCUT2D eigenvalue weighted by atomic mass is 10.0. The van der Waals surface area contributed by atoms with Crippen LogP contribution in [0, 0.1) is 0 Å². The van der Waals surface area contributed by atoms with Gasteiger partial charge < -0.3 is 15.6 Å². The second-order valence-electron chi connectivity index (χ2n) is 2.50. The minimum absolute atomic E-state index is 0.0590. The molecule has 1 heterocycles. The summed E-state index contributed by atoms with van der Waals surface area (Å²) >= 11 is 0. The lowest BCUT2D eigenvalue weighted by Gasteiger charge is -2.22. The van der Waals surface area contributed by atoms with Crippen LogP contribution in [0.15, 0.2) is 0 Å². The van der Waals surface area contributed by atoms with Crippen molar-refractivity contribution >= 4 is 0 Å². The Hall–Kier alpha value is -0.120. The Morgan fingerprint density at radius 2 is 2.44 bits per heavy atom. The van der Waals surface area contributed by atoms with Crippen molar-refractivity contribution < 1.29 is 9.84 Å². The first-order chi connectivity index (χ1) is 4.33. The maximum atomic E-state index is 8.81. The van der Waals surface area contributed by atoms with Crippen LogP contribution in [0.3, 0.4) is 0 Å². The van der Waals surface area contributed by atoms with Crippen LogP contribution in [0.5, 0.6) is 0 Å². The Bertz CT molecular complexity index is 83.1. The van der Waals surface area contributed by atoms with Crippen molar-refractivity contribution in [1.29, 1.82) is 0 Å². The van der Waals surface area contributed by atoms with Crippen LogP contribution in [0.2, 0.25) is 0 Å². The van der Waals surface area contributed by atoms with Crippen LogP contribution in [-0.2, 0) is 4.74 Å². The Balaban J connectivity index is 2.45. The van der Waals surface area contributed by atoms with Crippen molar-refractivity contribution in [2.24, 2.45) is 5.73 Å². The van der Waals surface area contributed by atoms with E-state index < -0.39 is 0 Å². The minimum atomic E-state index is -0.389. The highest BCUT2D eigenvalue weighted by molar-refractivity contribution is 4.84. The predicted octanol–water partition coefficient (Wildman–Crippen LogP) is -0.513. The Morgan fingerprint density at radius 1 is 1.67 bits per heavy atom. The topological polar surface area (TPSA) is 55.5 Å². The molecule has 3 heteroatoms. The Kier molecular flexibility index (Phi) is 2.05. The maximum Gasteiger partial charge on any atom is 0.103 e. The molecule has 0 radical (unpaired) electrons. The summed E-state index contributed by atoms with van der Waals surface area (Å²) in [5.74, 6) is 0. The van der Waals surface area contributed by atoms with Gasteiger partial charge in [-0.05, 0) is 12.8 Å². The number of nitrogens with two attached hydrogens (primary N) is 1. The molecule has 1 saturated heterocycles. The van der Waals surface area contributed by atoms with Crippen LogP contribution >= 0.6 is 0 Å². The number of hydrogen-bond acceptors (Lipinski definition) is 3. The highest BCUT2D eigenvalue weighted by Gasteiger charge is 2.32. The second kappa shape index (κ2) is 2.64. The van der Waals surface area contributed by atoms with Gasteiger partial charge in [0.2, 0.25) is 0 Å². The molecule has 1 aliphatic heterocycles. The molecule has 3 nitrogen and oxygen atoms in total. The Morgan fingerprint density at radius 3 is 2.67 bits per heavy atom. The number of hydrogen-bond donors (Lipinski definition) is 2. The highest BCUT2D eigenvalue weighted by atomic mass is 16.5. The number of aliphatic hydroxyl groups is 1. The number of rotatable bonds is 2. The molecule has 1 aliphatic rings. The molecule has 0 spiro atoms. The molecule has 0 aromatic carbocycles. The largest absolute Gasteiger partial charge is 0.393 e. The molecule has 3 N–H and O–H groups in total. The fourth-order valence-corrected chi connectivity index (χ4v) is 1.11. The first kappa shape index (κ1) is 6.99. The fourth-order valence-electron chi connectivity index (χ4n) is 1.11. The monoisotopic (exact) mass is 131 g/mol. The van der Waals surface area contributed by atoms with E-state index in [4.69, 9.17) is 15.6 Å². The van der Waals surface area contributed by atoms with E-state index in [1.54, 1.807) is 0 Å². The third-order valence-corrected chi connectivity index (χ3v) is 1.85. The van der Waals surface area contributed by atoms with Gasteiger partial charge in [-0.2, -0.15) is 0 Å². The fraction of sp³-hybridized carbons (Fsp3) is 1.00. The highest BCUT2D eigenvalue weighted by Crippen LogP contribution is 2.23. The van der Waals surface area contributed by atoms with Crippen molar-refractivity contribution in [1.82, 2.24) is 0 Å². The average molecular weight is 131 g/mol. The number of ether oxygens (including phenoxy) is 1. The molecule has 0 aliphatic carbocycles. The smallest absolute Gasteiger partial charge is 0.103 e. The van der Waals surface area contributed by atoms with E-state index in [1.807, 2.05) is 0 Å². The van der Waals surface area contributed by atoms with Gasteiger partial charge in [-0.15, -0.1) is 0 Å². The maximum absolute atomic E-state index is 8.81. The summed E-state index contributed by atoms with van der Waals surface area (Å²) in [6.45, 7) is 1.24. The van der Waals surface area contributed by atoms with Gasteiger partial charge in [0.25, 0.3) is 0 Å². The first-order valence-electron chi connectivity index (χ1n) is 3.28. The van der Waals surface area contributed by atoms with Gasteiger partial charge in [-0.25, -0.2) is 0 Å². The molecule has 0 aromatic rings. The SMILES string of the molecule is NCC1(CO)CCCO1. The third-order valence-electron chi connectivity index (χ3n) is 1.85. The van der Waals surface area contributed by atoms with Crippen LogP contribution in [0.25, 0.3) is 0 Å². The van der Waals surface area contributed by atoms with E-state index >= 15 is 0 Å². The van der Waals surface area contributed by atoms with Crippen LogP contribution in [0.1, 0.15) is 12.8 Å². The first-order valence-corrected chi connectivity index (χ1v) is 3.28. The Labute approximate surface area is 54.8 Å². The van der Waals surface area contributed by atoms with Crippen LogP contribution in [0.4, 0.5) is 0 Å². The van der Waals surface area contributed by atoms with Gasteiger partial charge >= 0.3 is 0 Å². The van der Waals surface area contributed by atoms with Crippen molar-refractivity contribution in [3.63, 3.8) is 0 Å². The molecule has 1 fully saturated rings. The van der Waals surface area contributed by atoms with Crippen molar-refractivity contribution in [2.45, 2.75) is 18.4 Å². The van der Waals surface area contributed by atoms with Crippen molar-refractivity contribution in [3.05, 3.63) is 0 Å². The van der Waals surface area contributed by atoms with Crippen LogP contribution in [-0.4, -0.2) is 30.5 Å². The molecule has 0 saturated carbocycles. The molecule has 54 valence electrons. The van der Waals surface area contributed by atoms with Gasteiger partial charge in [0.05, 0.1) is 6.61 Å². The summed E-state index contributed by atoms with van der Waals surface area (Å²) in [6.07, 6.45) is 1.93. The van der Waals surface area contributed by atoms with Gasteiger partial charge in [-0.3, -0.25) is 0 Å². The molecule has 0 bridgehead atoms. The summed E-state index contributed by atoms with van der Waals surface area (Å²) in [5.41, 5.74) is 5.01. The zero-order chi connectivity index (χ0) is 6.74. The zero-order valence-electron chi connectivity index (χ0n) is 5.47. The normalized spacial score (nSPS) is 35.3. The van der Waals surface area contributed by atoms with E-state index in [2.05, 4.69) is 0 Å². The summed E-state index contributed by atoms with van der Waals surface area (Å²) < 4.78 is 5.26. The number of aliphatic hydroxyl groups excluding tert-OH is 1. The molecule has 0 amide bonds. The minimum Gasteiger partial charge on any atom is -0.393 e. The lowest BCUT2D eigenvalue weighted by Crippen LogP contribution is -2.40. The predicted molar refractivity (Wildman–Crippen MR) is 34.1 cm³/mol. The summed E-state index contributed by atoms with van der Waals surface area (Å²) in [6, 6.07) is 0. The molecule has 9 heavy (non-hydrogen) atoms. The van der Waals surface area contributed by atoms with E-state index in [9.17, 15) is 0 Å². The molecular weight excluding hydrogens is 118 g/mol. The van der Waals surface area contributed by atoms with E-state index in [0.29, 0.717) is 6.54 Å². The zero-order valence-corrected chi connectivity index (χ0v) is 5.47. The van der Waals surface area contributed by atoms with Gasteiger partial charge in [0.15, 0.2) is 0 Å². The summed E-state index contributed by atoms with van der Waals surface area (Å²) in [7, 11) is 0. The molecule has 1 unspecified atom stereocenters. The van der Waals surface area contributed by atoms with Crippen molar-refractivity contribution in [3.8, 4) is 0 Å². The molecule has 0 aromatic heterocycles. The van der Waals surface area contributed by atoms with Crippen molar-refractivity contribution in [2.75, 3.05) is 19.8 Å². The van der Waals surface area contributed by atoms with Gasteiger partial charge in [0, 0.05) is 13.2 Å². The van der Waals surface area contributed by atoms with E-state index in [-0.39, 0.29) is 12.2 Å². The molecular formula is C6H13NO2. The summed E-state index contributed by atoms with van der Waals surface area (Å²) in [4.78, 5) is 0. The standard InChI is InChI=1S/C6H13NO2/c7-4-6(5-8)2-1-3-9-6/h8H,1-5,7H2. The second-order valence-corrected chi connectivity index (χ2v) is 2.50. The third kappa shape index (κ3) is 1.23. The van der Waals surface area contributed by atoms with E-state index in [0.717, 1.165) is 19.4 Å². The van der Waals surface area contributed by atoms with Gasteiger partial charge in [-0.1, -0.05) is 0 Å². The van der Waals surface area contributed by atoms with Gasteiger partial charge in [0.1, 0.15) is 5.60 Å². The average Bonchev–Trinajstić information content (AvgIpc) is 2.36. The molecule has 1 rings (SSSR count). The quantitative estimate of drug-likeness (QED) is 0.530. The molecule has 1 atom stereocenters. The lowest BCUT2D eigenvalue weighted by molar-refractivity contribution is -0.0309. The summed E-state index contributed by atoms with van der Waals surface area (Å²) in [5, 5.41) is 8.81. The van der Waals surface area contributed by atoms with Crippen LogP contribution < -0.4 is 5.73 Å².